The lowest BCUT2D eigenvalue weighted by molar-refractivity contribution is -0.124. The van der Waals surface area contributed by atoms with Gasteiger partial charge in [-0.25, -0.2) is 4.79 Å². The fraction of sp³-hybridized carbons (Fsp3) is 0.389. The highest BCUT2D eigenvalue weighted by molar-refractivity contribution is 5.82. The largest absolute Gasteiger partial charge is 0.484 e. The van der Waals surface area contributed by atoms with Crippen molar-refractivity contribution in [1.29, 1.82) is 5.26 Å². The van der Waals surface area contributed by atoms with E-state index in [1.54, 1.807) is 18.2 Å². The summed E-state index contributed by atoms with van der Waals surface area (Å²) in [4.78, 5) is 23.5. The summed E-state index contributed by atoms with van der Waals surface area (Å²) in [5.41, 5.74) is 0.0605. The molecule has 3 rings (SSSR count). The number of nitriles is 1. The minimum Gasteiger partial charge on any atom is -0.484 e. The van der Waals surface area contributed by atoms with Crippen LogP contribution in [0, 0.1) is 18.3 Å². The molecule has 0 atom stereocenters. The Morgan fingerprint density at radius 3 is 2.83 bits per heavy atom. The Balaban J connectivity index is 1.68. The van der Waals surface area contributed by atoms with Gasteiger partial charge in [0, 0.05) is 17.5 Å². The van der Waals surface area contributed by atoms with Gasteiger partial charge in [-0.3, -0.25) is 4.79 Å². The maximum Gasteiger partial charge on any atom is 0.336 e. The summed E-state index contributed by atoms with van der Waals surface area (Å²) in [5, 5.41) is 12.9. The second-order valence-corrected chi connectivity index (χ2v) is 6.14. The molecule has 1 aromatic heterocycles. The van der Waals surface area contributed by atoms with Crippen molar-refractivity contribution in [3.63, 3.8) is 0 Å². The molecule has 6 heteroatoms. The van der Waals surface area contributed by atoms with Gasteiger partial charge < -0.3 is 14.5 Å². The van der Waals surface area contributed by atoms with E-state index in [1.807, 2.05) is 6.92 Å². The minimum absolute atomic E-state index is 0.189. The van der Waals surface area contributed by atoms with E-state index in [4.69, 9.17) is 9.15 Å². The van der Waals surface area contributed by atoms with Gasteiger partial charge in [-0.1, -0.05) is 0 Å². The summed E-state index contributed by atoms with van der Waals surface area (Å²) in [7, 11) is 0. The zero-order chi connectivity index (χ0) is 17.2. The first-order valence-electron chi connectivity index (χ1n) is 7.91. The molecule has 24 heavy (non-hydrogen) atoms. The highest BCUT2D eigenvalue weighted by Crippen LogP contribution is 2.29. The lowest BCUT2D eigenvalue weighted by Gasteiger charge is -2.21. The molecule has 1 aliphatic carbocycles. The highest BCUT2D eigenvalue weighted by atomic mass is 16.5. The number of hydrogen-bond acceptors (Lipinski definition) is 5. The Labute approximate surface area is 139 Å². The Bertz CT molecular complexity index is 873. The summed E-state index contributed by atoms with van der Waals surface area (Å²) < 4.78 is 10.6. The van der Waals surface area contributed by atoms with Crippen LogP contribution < -0.4 is 15.7 Å². The van der Waals surface area contributed by atoms with E-state index in [9.17, 15) is 14.9 Å². The van der Waals surface area contributed by atoms with Crippen LogP contribution in [0.15, 0.2) is 33.5 Å². The summed E-state index contributed by atoms with van der Waals surface area (Å²) >= 11 is 0. The predicted molar refractivity (Wildman–Crippen MR) is 87.7 cm³/mol. The second-order valence-electron chi connectivity index (χ2n) is 6.14. The molecule has 0 unspecified atom stereocenters. The molecule has 0 bridgehead atoms. The zero-order valence-electron chi connectivity index (χ0n) is 13.4. The molecule has 1 N–H and O–H groups in total. The summed E-state index contributed by atoms with van der Waals surface area (Å²) in [5.74, 6) is 0.105. The monoisotopic (exact) mass is 326 g/mol. The highest BCUT2D eigenvalue weighted by Gasteiger charge is 2.35. The van der Waals surface area contributed by atoms with Crippen LogP contribution in [0.25, 0.3) is 11.0 Å². The SMILES string of the molecule is Cc1cc(=O)oc2cc(OCC(=O)NC3(C#N)CCCC3)ccc12. The van der Waals surface area contributed by atoms with Crippen molar-refractivity contribution in [3.8, 4) is 11.8 Å². The number of ether oxygens (including phenoxy) is 1. The Hall–Kier alpha value is -2.81. The van der Waals surface area contributed by atoms with Crippen LogP contribution in [0.3, 0.4) is 0 Å². The number of rotatable bonds is 4. The quantitative estimate of drug-likeness (QED) is 0.871. The van der Waals surface area contributed by atoms with Gasteiger partial charge in [0.2, 0.25) is 0 Å². The first-order chi connectivity index (χ1) is 11.5. The molecule has 1 aliphatic rings. The van der Waals surface area contributed by atoms with Crippen molar-refractivity contribution in [2.24, 2.45) is 0 Å². The van der Waals surface area contributed by atoms with E-state index >= 15 is 0 Å². The summed E-state index contributed by atoms with van der Waals surface area (Å²) in [6.45, 7) is 1.64. The molecule has 124 valence electrons. The maximum absolute atomic E-state index is 12.0. The van der Waals surface area contributed by atoms with Gasteiger partial charge >= 0.3 is 5.63 Å². The van der Waals surface area contributed by atoms with Crippen molar-refractivity contribution in [3.05, 3.63) is 40.2 Å². The van der Waals surface area contributed by atoms with E-state index < -0.39 is 11.2 Å². The molecular weight excluding hydrogens is 308 g/mol. The molecule has 0 saturated heterocycles. The van der Waals surface area contributed by atoms with Crippen molar-refractivity contribution in [2.75, 3.05) is 6.61 Å². The van der Waals surface area contributed by atoms with Gasteiger partial charge in [-0.15, -0.1) is 0 Å². The van der Waals surface area contributed by atoms with Crippen molar-refractivity contribution in [1.82, 2.24) is 5.32 Å². The smallest absolute Gasteiger partial charge is 0.336 e. The van der Waals surface area contributed by atoms with Gasteiger partial charge in [0.1, 0.15) is 16.9 Å². The maximum atomic E-state index is 12.0. The Morgan fingerprint density at radius 2 is 2.12 bits per heavy atom. The number of carbonyl (C=O) groups is 1. The topological polar surface area (TPSA) is 92.3 Å². The molecule has 1 fully saturated rings. The predicted octanol–water partition coefficient (Wildman–Crippen LogP) is 2.43. The summed E-state index contributed by atoms with van der Waals surface area (Å²) in [6, 6.07) is 8.73. The molecule has 1 aromatic carbocycles. The Morgan fingerprint density at radius 1 is 1.38 bits per heavy atom. The van der Waals surface area contributed by atoms with Gasteiger partial charge in [-0.2, -0.15) is 5.26 Å². The van der Waals surface area contributed by atoms with E-state index in [0.29, 0.717) is 24.2 Å². The first-order valence-corrected chi connectivity index (χ1v) is 7.91. The number of benzene rings is 1. The number of nitrogens with zero attached hydrogens (tertiary/aromatic N) is 1. The Kier molecular flexibility index (Phi) is 4.26. The lowest BCUT2D eigenvalue weighted by Crippen LogP contribution is -2.47. The molecule has 0 radical (unpaired) electrons. The minimum atomic E-state index is -0.756. The van der Waals surface area contributed by atoms with Crippen LogP contribution in [0.1, 0.15) is 31.2 Å². The third-order valence-electron chi connectivity index (χ3n) is 4.34. The number of carbonyl (C=O) groups excluding carboxylic acids is 1. The normalized spacial score (nSPS) is 15.8. The molecular formula is C18H18N2O4. The summed E-state index contributed by atoms with van der Waals surface area (Å²) in [6.07, 6.45) is 3.24. The fourth-order valence-electron chi connectivity index (χ4n) is 3.09. The first kappa shape index (κ1) is 16.1. The molecule has 1 amide bonds. The fourth-order valence-corrected chi connectivity index (χ4v) is 3.09. The van der Waals surface area contributed by atoms with Crippen molar-refractivity contribution in [2.45, 2.75) is 38.1 Å². The number of fused-ring (bicyclic) bond motifs is 1. The number of hydrogen-bond donors (Lipinski definition) is 1. The van der Waals surface area contributed by atoms with E-state index in [1.165, 1.54) is 6.07 Å². The molecule has 0 aliphatic heterocycles. The molecule has 2 aromatic rings. The van der Waals surface area contributed by atoms with Crippen LogP contribution in [0.4, 0.5) is 0 Å². The van der Waals surface area contributed by atoms with Gasteiger partial charge in [-0.05, 0) is 50.3 Å². The van der Waals surface area contributed by atoms with Crippen LogP contribution in [0.5, 0.6) is 5.75 Å². The van der Waals surface area contributed by atoms with Crippen molar-refractivity contribution < 1.29 is 13.9 Å². The van der Waals surface area contributed by atoms with E-state index in [0.717, 1.165) is 23.8 Å². The van der Waals surface area contributed by atoms with Crippen LogP contribution >= 0.6 is 0 Å². The van der Waals surface area contributed by atoms with E-state index in [-0.39, 0.29) is 12.5 Å². The second kappa shape index (κ2) is 6.36. The average Bonchev–Trinajstić information content (AvgIpc) is 3.01. The number of amides is 1. The van der Waals surface area contributed by atoms with Gasteiger partial charge in [0.25, 0.3) is 5.91 Å². The lowest BCUT2D eigenvalue weighted by atomic mass is 10.00. The number of aryl methyl sites for hydroxylation is 1. The van der Waals surface area contributed by atoms with Gasteiger partial charge in [0.15, 0.2) is 6.61 Å². The van der Waals surface area contributed by atoms with E-state index in [2.05, 4.69) is 11.4 Å². The molecule has 0 spiro atoms. The van der Waals surface area contributed by atoms with Crippen LogP contribution in [-0.4, -0.2) is 18.1 Å². The standard InChI is InChI=1S/C18H18N2O4/c1-12-8-17(22)24-15-9-13(4-5-14(12)15)23-10-16(21)20-18(11-19)6-2-3-7-18/h4-5,8-9H,2-3,6-7,10H2,1H3,(H,20,21). The average molecular weight is 326 g/mol. The third kappa shape index (κ3) is 3.25. The zero-order valence-corrected chi connectivity index (χ0v) is 13.4. The molecule has 6 nitrogen and oxygen atoms in total. The number of nitrogens with one attached hydrogen (secondary N) is 1. The molecule has 1 saturated carbocycles. The van der Waals surface area contributed by atoms with Crippen molar-refractivity contribution >= 4 is 16.9 Å². The van der Waals surface area contributed by atoms with Crippen LogP contribution in [0.2, 0.25) is 0 Å². The van der Waals surface area contributed by atoms with Gasteiger partial charge in [0.05, 0.1) is 6.07 Å². The van der Waals surface area contributed by atoms with Crippen LogP contribution in [-0.2, 0) is 4.79 Å². The third-order valence-corrected chi connectivity index (χ3v) is 4.34. The molecule has 1 heterocycles.